The van der Waals surface area contributed by atoms with Crippen molar-refractivity contribution in [2.45, 2.75) is 19.2 Å². The zero-order valence-corrected chi connectivity index (χ0v) is 11.3. The maximum Gasteiger partial charge on any atom is 0.166 e. The molecule has 3 nitrogen and oxygen atoms in total. The molecule has 2 aliphatic heterocycles. The van der Waals surface area contributed by atoms with Crippen LogP contribution < -0.4 is 10.2 Å². The van der Waals surface area contributed by atoms with Gasteiger partial charge in [-0.3, -0.25) is 0 Å². The van der Waals surface area contributed by atoms with Crippen LogP contribution in [-0.2, 0) is 0 Å². The van der Waals surface area contributed by atoms with Gasteiger partial charge < -0.3 is 10.2 Å². The Bertz CT molecular complexity index is 666. The average molecular weight is 264 g/mol. The molecular weight excluding hydrogens is 248 g/mol. The van der Waals surface area contributed by atoms with Gasteiger partial charge >= 0.3 is 0 Å². The van der Waals surface area contributed by atoms with Crippen LogP contribution in [0.5, 0.6) is 5.75 Å². The molecule has 1 N–H and O–H groups in total. The first-order valence-electron chi connectivity index (χ1n) is 6.91. The molecule has 2 atom stereocenters. The molecule has 2 aromatic carbocycles. The van der Waals surface area contributed by atoms with Gasteiger partial charge in [-0.05, 0) is 24.6 Å². The van der Waals surface area contributed by atoms with Gasteiger partial charge in [-0.25, -0.2) is 0 Å². The van der Waals surface area contributed by atoms with Crippen LogP contribution in [0.1, 0.15) is 24.1 Å². The fraction of sp³-hybridized carbons (Fsp3) is 0.176. The van der Waals surface area contributed by atoms with Crippen molar-refractivity contribution in [3.63, 3.8) is 0 Å². The van der Waals surface area contributed by atoms with E-state index in [9.17, 15) is 0 Å². The Balaban J connectivity index is 1.77. The lowest BCUT2D eigenvalue weighted by Crippen LogP contribution is -2.46. The molecule has 3 heteroatoms. The van der Waals surface area contributed by atoms with Gasteiger partial charge in [-0.1, -0.05) is 48.5 Å². The predicted molar refractivity (Wildman–Crippen MR) is 78.7 cm³/mol. The number of para-hydroxylation sites is 1. The monoisotopic (exact) mass is 264 g/mol. The second-order valence-electron chi connectivity index (χ2n) is 5.17. The molecule has 2 aliphatic rings. The van der Waals surface area contributed by atoms with E-state index in [1.54, 1.807) is 0 Å². The van der Waals surface area contributed by atoms with Crippen molar-refractivity contribution in [1.29, 1.82) is 0 Å². The zero-order valence-electron chi connectivity index (χ0n) is 11.3. The summed E-state index contributed by atoms with van der Waals surface area (Å²) < 4.78 is 5.96. The van der Waals surface area contributed by atoms with Crippen LogP contribution >= 0.6 is 0 Å². The van der Waals surface area contributed by atoms with Gasteiger partial charge in [-0.15, -0.1) is 0 Å². The molecule has 20 heavy (non-hydrogen) atoms. The van der Waals surface area contributed by atoms with E-state index in [1.807, 2.05) is 18.2 Å². The molecule has 4 rings (SSSR count). The van der Waals surface area contributed by atoms with Crippen LogP contribution in [0.4, 0.5) is 0 Å². The lowest BCUT2D eigenvalue weighted by atomic mass is 10.0. The minimum absolute atomic E-state index is 0.00682. The molecule has 0 fully saturated rings. The van der Waals surface area contributed by atoms with Crippen molar-refractivity contribution < 1.29 is 4.74 Å². The van der Waals surface area contributed by atoms with Gasteiger partial charge in [0.1, 0.15) is 5.75 Å². The highest BCUT2D eigenvalue weighted by atomic mass is 16.5. The number of nitrogens with zero attached hydrogens (tertiary/aromatic N) is 1. The maximum atomic E-state index is 5.96. The SMILES string of the molecule is CC1Oc2ccccc2C2C=C(c3ccccc3)NN12. The number of ether oxygens (including phenoxy) is 1. The summed E-state index contributed by atoms with van der Waals surface area (Å²) in [6.07, 6.45) is 2.28. The Hall–Kier alpha value is -2.26. The van der Waals surface area contributed by atoms with Gasteiger partial charge in [0, 0.05) is 5.56 Å². The second kappa shape index (κ2) is 4.39. The minimum atomic E-state index is 0.00682. The number of nitrogens with one attached hydrogen (secondary N) is 1. The minimum Gasteiger partial charge on any atom is -0.473 e. The third-order valence-electron chi connectivity index (χ3n) is 3.89. The van der Waals surface area contributed by atoms with Crippen LogP contribution in [0.2, 0.25) is 0 Å². The highest BCUT2D eigenvalue weighted by Gasteiger charge is 2.36. The van der Waals surface area contributed by atoms with Gasteiger partial charge in [0.25, 0.3) is 0 Å². The molecule has 0 aliphatic carbocycles. The van der Waals surface area contributed by atoms with E-state index in [4.69, 9.17) is 4.74 Å². The molecule has 2 unspecified atom stereocenters. The van der Waals surface area contributed by atoms with E-state index in [2.05, 4.69) is 59.8 Å². The van der Waals surface area contributed by atoms with Gasteiger partial charge in [0.15, 0.2) is 6.23 Å². The smallest absolute Gasteiger partial charge is 0.166 e. The normalized spacial score (nSPS) is 24.1. The molecule has 2 aromatic rings. The van der Waals surface area contributed by atoms with Crippen molar-refractivity contribution in [2.75, 3.05) is 0 Å². The zero-order chi connectivity index (χ0) is 13.5. The summed E-state index contributed by atoms with van der Waals surface area (Å²) in [6, 6.07) is 18.9. The quantitative estimate of drug-likeness (QED) is 0.855. The molecule has 0 spiro atoms. The van der Waals surface area contributed by atoms with E-state index in [0.29, 0.717) is 0 Å². The number of hydrogen-bond acceptors (Lipinski definition) is 3. The second-order valence-corrected chi connectivity index (χ2v) is 5.17. The highest BCUT2D eigenvalue weighted by Crippen LogP contribution is 2.40. The third-order valence-corrected chi connectivity index (χ3v) is 3.89. The average Bonchev–Trinajstić information content (AvgIpc) is 2.94. The summed E-state index contributed by atoms with van der Waals surface area (Å²) in [6.45, 7) is 2.07. The number of hydrogen-bond donors (Lipinski definition) is 1. The van der Waals surface area contributed by atoms with Crippen LogP contribution in [0.25, 0.3) is 5.70 Å². The van der Waals surface area contributed by atoms with Crippen LogP contribution in [0.3, 0.4) is 0 Å². The molecule has 0 bridgehead atoms. The van der Waals surface area contributed by atoms with E-state index < -0.39 is 0 Å². The molecular formula is C17H16N2O. The number of benzene rings is 2. The summed E-state index contributed by atoms with van der Waals surface area (Å²) in [4.78, 5) is 0. The molecule has 100 valence electrons. The van der Waals surface area contributed by atoms with Gasteiger partial charge in [0.05, 0.1) is 11.7 Å². The van der Waals surface area contributed by atoms with E-state index >= 15 is 0 Å². The predicted octanol–water partition coefficient (Wildman–Crippen LogP) is 3.33. The van der Waals surface area contributed by atoms with Crippen LogP contribution in [0, 0.1) is 0 Å². The van der Waals surface area contributed by atoms with Crippen molar-refractivity contribution in [2.24, 2.45) is 0 Å². The lowest BCUT2D eigenvalue weighted by molar-refractivity contribution is -0.0171. The summed E-state index contributed by atoms with van der Waals surface area (Å²) in [5.74, 6) is 0.980. The lowest BCUT2D eigenvalue weighted by Gasteiger charge is -2.36. The summed E-state index contributed by atoms with van der Waals surface area (Å²) in [5.41, 5.74) is 7.02. The van der Waals surface area contributed by atoms with E-state index in [-0.39, 0.29) is 12.3 Å². The summed E-state index contributed by atoms with van der Waals surface area (Å²) >= 11 is 0. The van der Waals surface area contributed by atoms with Crippen molar-refractivity contribution >= 4 is 5.70 Å². The fourth-order valence-corrected chi connectivity index (χ4v) is 2.89. The molecule has 0 amide bonds. The first kappa shape index (κ1) is 11.6. The molecule has 0 radical (unpaired) electrons. The summed E-state index contributed by atoms with van der Waals surface area (Å²) in [7, 11) is 0. The Morgan fingerprint density at radius 1 is 1.00 bits per heavy atom. The summed E-state index contributed by atoms with van der Waals surface area (Å²) in [5, 5.41) is 2.16. The number of hydrazine groups is 1. The molecule has 0 saturated carbocycles. The van der Waals surface area contributed by atoms with Gasteiger partial charge in [-0.2, -0.15) is 5.01 Å². The Morgan fingerprint density at radius 3 is 2.60 bits per heavy atom. The molecule has 0 aromatic heterocycles. The van der Waals surface area contributed by atoms with Crippen molar-refractivity contribution in [1.82, 2.24) is 10.4 Å². The highest BCUT2D eigenvalue weighted by molar-refractivity contribution is 5.67. The van der Waals surface area contributed by atoms with Gasteiger partial charge in [0.2, 0.25) is 0 Å². The standard InChI is InChI=1S/C17H16N2O/c1-12-19-16(14-9-5-6-10-17(14)20-12)11-15(18-19)13-7-3-2-4-8-13/h2-12,16,18H,1H3. The van der Waals surface area contributed by atoms with E-state index in [0.717, 1.165) is 11.4 Å². The Labute approximate surface area is 118 Å². The van der Waals surface area contributed by atoms with Crippen molar-refractivity contribution in [3.05, 3.63) is 71.8 Å². The molecule has 0 saturated heterocycles. The first-order chi connectivity index (χ1) is 9.83. The largest absolute Gasteiger partial charge is 0.473 e. The Kier molecular flexibility index (Phi) is 2.54. The Morgan fingerprint density at radius 2 is 1.75 bits per heavy atom. The third kappa shape index (κ3) is 1.71. The van der Waals surface area contributed by atoms with Crippen molar-refractivity contribution in [3.8, 4) is 5.75 Å². The fourth-order valence-electron chi connectivity index (χ4n) is 2.89. The first-order valence-corrected chi connectivity index (χ1v) is 6.91. The molecule has 2 heterocycles. The topological polar surface area (TPSA) is 24.5 Å². The van der Waals surface area contributed by atoms with Crippen LogP contribution in [-0.4, -0.2) is 11.2 Å². The van der Waals surface area contributed by atoms with Crippen LogP contribution in [0.15, 0.2) is 60.7 Å². The number of fused-ring (bicyclic) bond motifs is 3. The number of rotatable bonds is 1. The maximum absolute atomic E-state index is 5.96. The van der Waals surface area contributed by atoms with E-state index in [1.165, 1.54) is 11.1 Å².